The van der Waals surface area contributed by atoms with Crippen molar-refractivity contribution in [2.45, 2.75) is 19.4 Å². The van der Waals surface area contributed by atoms with Crippen LogP contribution in [0.1, 0.15) is 28.8 Å². The van der Waals surface area contributed by atoms with Crippen molar-refractivity contribution in [2.24, 2.45) is 5.92 Å². The van der Waals surface area contributed by atoms with Gasteiger partial charge in [-0.1, -0.05) is 18.2 Å². The number of methoxy groups -OCH3 is 1. The molecule has 3 aromatic rings. The zero-order chi connectivity index (χ0) is 19.5. The Hall–Kier alpha value is -2.79. The third kappa shape index (κ3) is 3.76. The van der Waals surface area contributed by atoms with Gasteiger partial charge in [0.05, 0.1) is 12.7 Å². The number of nitrogens with zero attached hydrogens (tertiary/aromatic N) is 2. The van der Waals surface area contributed by atoms with Crippen LogP contribution in [0.15, 0.2) is 54.9 Å². The lowest BCUT2D eigenvalue weighted by molar-refractivity contribution is 0.0808. The van der Waals surface area contributed by atoms with Crippen molar-refractivity contribution in [3.8, 4) is 5.75 Å². The first-order chi connectivity index (χ1) is 13.7. The number of pyridine rings is 1. The Labute approximate surface area is 164 Å². The molecule has 1 aliphatic heterocycles. The van der Waals surface area contributed by atoms with Gasteiger partial charge >= 0.3 is 0 Å². The third-order valence-corrected chi connectivity index (χ3v) is 5.47. The number of benzene rings is 2. The van der Waals surface area contributed by atoms with Gasteiger partial charge in [-0.05, 0) is 54.6 Å². The van der Waals surface area contributed by atoms with Crippen molar-refractivity contribution in [1.29, 1.82) is 0 Å². The van der Waals surface area contributed by atoms with Gasteiger partial charge in [0.25, 0.3) is 0 Å². The lowest BCUT2D eigenvalue weighted by Crippen LogP contribution is -2.38. The molecule has 2 aromatic carbocycles. The number of halogens is 1. The summed E-state index contributed by atoms with van der Waals surface area (Å²) in [6, 6.07) is 12.4. The fourth-order valence-electron chi connectivity index (χ4n) is 4.07. The standard InChI is InChI=1S/C23H23FN2O2/c1-28-22-8-7-19(24)12-21(22)23(27)18-6-3-11-26(15-18)14-17-5-2-4-16-13-25-10-9-20(16)17/h2,4-5,7-10,12-13,18H,3,6,11,14-15H2,1H3/t18-/m1/s1. The van der Waals surface area contributed by atoms with Crippen LogP contribution in [0.5, 0.6) is 5.75 Å². The molecule has 1 atom stereocenters. The van der Waals surface area contributed by atoms with E-state index < -0.39 is 5.82 Å². The molecule has 1 aliphatic rings. The van der Waals surface area contributed by atoms with Crippen LogP contribution in [0.2, 0.25) is 0 Å². The molecule has 4 nitrogen and oxygen atoms in total. The predicted molar refractivity (Wildman–Crippen MR) is 107 cm³/mol. The average molecular weight is 378 g/mol. The fourth-order valence-corrected chi connectivity index (χ4v) is 4.07. The summed E-state index contributed by atoms with van der Waals surface area (Å²) in [7, 11) is 1.51. The molecule has 0 unspecified atom stereocenters. The molecule has 0 amide bonds. The molecule has 144 valence electrons. The highest BCUT2D eigenvalue weighted by molar-refractivity contribution is 6.00. The van der Waals surface area contributed by atoms with E-state index in [9.17, 15) is 9.18 Å². The van der Waals surface area contributed by atoms with Crippen LogP contribution in [0.3, 0.4) is 0 Å². The van der Waals surface area contributed by atoms with E-state index in [2.05, 4.69) is 22.0 Å². The molecule has 2 heterocycles. The number of hydrogen-bond acceptors (Lipinski definition) is 4. The molecule has 28 heavy (non-hydrogen) atoms. The minimum atomic E-state index is -0.416. The van der Waals surface area contributed by atoms with E-state index in [0.717, 1.165) is 31.3 Å². The van der Waals surface area contributed by atoms with Gasteiger partial charge in [0, 0.05) is 36.8 Å². The van der Waals surface area contributed by atoms with Gasteiger partial charge in [-0.2, -0.15) is 0 Å². The van der Waals surface area contributed by atoms with Crippen LogP contribution in [0, 0.1) is 11.7 Å². The van der Waals surface area contributed by atoms with Gasteiger partial charge in [-0.3, -0.25) is 14.7 Å². The van der Waals surface area contributed by atoms with Gasteiger partial charge in [0.1, 0.15) is 11.6 Å². The molecule has 4 rings (SSSR count). The normalized spacial score (nSPS) is 17.6. The van der Waals surface area contributed by atoms with Crippen LogP contribution < -0.4 is 4.74 Å². The van der Waals surface area contributed by atoms with Crippen LogP contribution in [0.25, 0.3) is 10.8 Å². The third-order valence-electron chi connectivity index (χ3n) is 5.47. The van der Waals surface area contributed by atoms with Gasteiger partial charge in [0.15, 0.2) is 5.78 Å². The molecule has 0 saturated carbocycles. The van der Waals surface area contributed by atoms with Gasteiger partial charge in [0.2, 0.25) is 0 Å². The molecule has 1 aromatic heterocycles. The maximum absolute atomic E-state index is 13.7. The zero-order valence-electron chi connectivity index (χ0n) is 15.9. The number of likely N-dealkylation sites (tertiary alicyclic amines) is 1. The summed E-state index contributed by atoms with van der Waals surface area (Å²) in [6.45, 7) is 2.40. The molecular formula is C23H23FN2O2. The van der Waals surface area contributed by atoms with Crippen LogP contribution in [-0.4, -0.2) is 35.9 Å². The largest absolute Gasteiger partial charge is 0.496 e. The molecule has 1 saturated heterocycles. The number of Topliss-reactive ketones (excluding diaryl/α,β-unsaturated/α-hetero) is 1. The number of piperidine rings is 1. The summed E-state index contributed by atoms with van der Waals surface area (Å²) < 4.78 is 19.0. The van der Waals surface area contributed by atoms with Crippen molar-refractivity contribution < 1.29 is 13.9 Å². The van der Waals surface area contributed by atoms with Gasteiger partial charge < -0.3 is 4.74 Å². The maximum Gasteiger partial charge on any atom is 0.171 e. The minimum Gasteiger partial charge on any atom is -0.496 e. The minimum absolute atomic E-state index is 0.0387. The number of rotatable bonds is 5. The zero-order valence-corrected chi connectivity index (χ0v) is 15.9. The van der Waals surface area contributed by atoms with Crippen molar-refractivity contribution in [3.05, 3.63) is 71.8 Å². The van der Waals surface area contributed by atoms with Gasteiger partial charge in [-0.15, -0.1) is 0 Å². The van der Waals surface area contributed by atoms with E-state index in [4.69, 9.17) is 4.74 Å². The fraction of sp³-hybridized carbons (Fsp3) is 0.304. The summed E-state index contributed by atoms with van der Waals surface area (Å²) in [4.78, 5) is 19.6. The molecule has 0 aliphatic carbocycles. The van der Waals surface area contributed by atoms with Crippen molar-refractivity contribution in [3.63, 3.8) is 0 Å². The smallest absolute Gasteiger partial charge is 0.171 e. The SMILES string of the molecule is COc1ccc(F)cc1C(=O)[C@@H]1CCCN(Cc2cccc3cnccc23)C1. The first kappa shape index (κ1) is 18.6. The number of ether oxygens (including phenoxy) is 1. The van der Waals surface area contributed by atoms with Crippen LogP contribution in [0.4, 0.5) is 4.39 Å². The van der Waals surface area contributed by atoms with E-state index in [1.54, 1.807) is 0 Å². The van der Waals surface area contributed by atoms with Gasteiger partial charge in [-0.25, -0.2) is 4.39 Å². The molecule has 1 fully saturated rings. The number of aromatic nitrogens is 1. The molecule has 0 bridgehead atoms. The Balaban J connectivity index is 1.53. The number of carbonyl (C=O) groups excluding carboxylic acids is 1. The summed E-state index contributed by atoms with van der Waals surface area (Å²) in [5, 5.41) is 2.31. The number of carbonyl (C=O) groups is 1. The van der Waals surface area contributed by atoms with E-state index in [1.165, 1.54) is 36.3 Å². The Morgan fingerprint density at radius 3 is 3.04 bits per heavy atom. The highest BCUT2D eigenvalue weighted by Gasteiger charge is 2.28. The Morgan fingerprint density at radius 2 is 2.18 bits per heavy atom. The Morgan fingerprint density at radius 1 is 1.29 bits per heavy atom. The number of fused-ring (bicyclic) bond motifs is 1. The first-order valence-electron chi connectivity index (χ1n) is 9.57. The summed E-state index contributed by atoms with van der Waals surface area (Å²) in [5.41, 5.74) is 1.57. The average Bonchev–Trinajstić information content (AvgIpc) is 2.74. The predicted octanol–water partition coefficient (Wildman–Crippen LogP) is 4.48. The number of ketones is 1. The summed E-state index contributed by atoms with van der Waals surface area (Å²) in [5.74, 6) is -0.171. The van der Waals surface area contributed by atoms with E-state index in [1.807, 2.05) is 24.5 Å². The van der Waals surface area contributed by atoms with Crippen molar-refractivity contribution in [1.82, 2.24) is 9.88 Å². The quantitative estimate of drug-likeness (QED) is 0.614. The maximum atomic E-state index is 13.7. The Bertz CT molecular complexity index is 1000. The van der Waals surface area contributed by atoms with E-state index >= 15 is 0 Å². The van der Waals surface area contributed by atoms with Crippen molar-refractivity contribution >= 4 is 16.6 Å². The second kappa shape index (κ2) is 8.07. The summed E-state index contributed by atoms with van der Waals surface area (Å²) >= 11 is 0. The molecule has 5 heteroatoms. The molecule has 0 N–H and O–H groups in total. The summed E-state index contributed by atoms with van der Waals surface area (Å²) in [6.07, 6.45) is 5.44. The second-order valence-corrected chi connectivity index (χ2v) is 7.30. The topological polar surface area (TPSA) is 42.4 Å². The molecular weight excluding hydrogens is 355 g/mol. The molecule has 0 spiro atoms. The van der Waals surface area contributed by atoms with Crippen LogP contribution >= 0.6 is 0 Å². The highest BCUT2D eigenvalue weighted by atomic mass is 19.1. The van der Waals surface area contributed by atoms with Crippen molar-refractivity contribution in [2.75, 3.05) is 20.2 Å². The van der Waals surface area contributed by atoms with E-state index in [0.29, 0.717) is 17.9 Å². The highest BCUT2D eigenvalue weighted by Crippen LogP contribution is 2.28. The number of hydrogen-bond donors (Lipinski definition) is 0. The van der Waals surface area contributed by atoms with E-state index in [-0.39, 0.29) is 11.7 Å². The monoisotopic (exact) mass is 378 g/mol. The Kier molecular flexibility index (Phi) is 5.35. The second-order valence-electron chi connectivity index (χ2n) is 7.30. The van der Waals surface area contributed by atoms with Crippen LogP contribution in [-0.2, 0) is 6.54 Å². The lowest BCUT2D eigenvalue weighted by atomic mass is 9.89. The molecule has 0 radical (unpaired) electrons. The lowest BCUT2D eigenvalue weighted by Gasteiger charge is -2.32. The first-order valence-corrected chi connectivity index (χ1v) is 9.57.